The first-order chi connectivity index (χ1) is 10.6. The van der Waals surface area contributed by atoms with E-state index in [1.807, 2.05) is 29.5 Å². The molecule has 1 heterocycles. The summed E-state index contributed by atoms with van der Waals surface area (Å²) in [5.74, 6) is 1.29. The number of nitrogens with one attached hydrogen (secondary N) is 2. The predicted molar refractivity (Wildman–Crippen MR) is 96.5 cm³/mol. The number of urea groups is 1. The molecule has 2 amide bonds. The van der Waals surface area contributed by atoms with Crippen molar-refractivity contribution in [1.29, 1.82) is 0 Å². The van der Waals surface area contributed by atoms with Gasteiger partial charge in [-0.05, 0) is 47.1 Å². The van der Waals surface area contributed by atoms with Gasteiger partial charge in [-0.1, -0.05) is 0 Å². The highest BCUT2D eigenvalue weighted by atomic mass is 127. The number of nitrogens with zero attached hydrogens (tertiary/aromatic N) is 1. The van der Waals surface area contributed by atoms with Crippen LogP contribution in [0.5, 0.6) is 5.75 Å². The summed E-state index contributed by atoms with van der Waals surface area (Å²) < 4.78 is 12.2. The minimum absolute atomic E-state index is 0.444. The van der Waals surface area contributed by atoms with Gasteiger partial charge in [-0.2, -0.15) is 5.10 Å². The third-order valence-corrected chi connectivity index (χ3v) is 4.58. The Hall–Kier alpha value is -1.55. The summed E-state index contributed by atoms with van der Waals surface area (Å²) in [5.41, 5.74) is 3.00. The predicted octanol–water partition coefficient (Wildman–Crippen LogP) is 4.20. The van der Waals surface area contributed by atoms with Crippen molar-refractivity contribution in [2.45, 2.75) is 6.92 Å². The Morgan fingerprint density at radius 2 is 2.18 bits per heavy atom. The highest BCUT2D eigenvalue weighted by molar-refractivity contribution is 14.1. The standard InChI is InChI=1S/C14H13BrIN3O3/c1-2-21-10-5-3-9(4-6-10)18-14(20)19-17-8-11-7-12(15)13(16)22-11/h3-8H,2H2,1H3,(H2,18,19,20)/b17-8+. The number of carbonyl (C=O) groups is 1. The van der Waals surface area contributed by atoms with Gasteiger partial charge in [-0.3, -0.25) is 0 Å². The van der Waals surface area contributed by atoms with Crippen LogP contribution in [0.25, 0.3) is 0 Å². The van der Waals surface area contributed by atoms with E-state index < -0.39 is 6.03 Å². The third kappa shape index (κ3) is 5.02. The second-order valence-corrected chi connectivity index (χ2v) is 5.89. The normalized spacial score (nSPS) is 10.7. The summed E-state index contributed by atoms with van der Waals surface area (Å²) in [5, 5.41) is 6.46. The molecule has 0 bridgehead atoms. The van der Waals surface area contributed by atoms with Crippen molar-refractivity contribution in [3.8, 4) is 5.75 Å². The smallest absolute Gasteiger partial charge is 0.339 e. The molecule has 0 aliphatic heterocycles. The molecule has 0 saturated carbocycles. The number of amides is 2. The van der Waals surface area contributed by atoms with Gasteiger partial charge in [0, 0.05) is 34.3 Å². The molecular weight excluding hydrogens is 465 g/mol. The van der Waals surface area contributed by atoms with E-state index in [4.69, 9.17) is 9.15 Å². The molecule has 0 saturated heterocycles. The molecule has 6 nitrogen and oxygen atoms in total. The molecule has 1 aromatic heterocycles. The number of hydrogen-bond donors (Lipinski definition) is 2. The number of rotatable bonds is 5. The molecule has 0 aliphatic carbocycles. The van der Waals surface area contributed by atoms with Crippen LogP contribution in [0.3, 0.4) is 0 Å². The maximum Gasteiger partial charge on any atom is 0.339 e. The fraction of sp³-hybridized carbons (Fsp3) is 0.143. The van der Waals surface area contributed by atoms with Crippen molar-refractivity contribution in [2.75, 3.05) is 11.9 Å². The van der Waals surface area contributed by atoms with E-state index >= 15 is 0 Å². The van der Waals surface area contributed by atoms with Gasteiger partial charge in [0.2, 0.25) is 0 Å². The van der Waals surface area contributed by atoms with E-state index in [-0.39, 0.29) is 0 Å². The lowest BCUT2D eigenvalue weighted by molar-refractivity contribution is 0.252. The molecule has 0 atom stereocenters. The van der Waals surface area contributed by atoms with Crippen molar-refractivity contribution in [3.05, 3.63) is 44.3 Å². The van der Waals surface area contributed by atoms with Crippen molar-refractivity contribution in [1.82, 2.24) is 5.43 Å². The quantitative estimate of drug-likeness (QED) is 0.385. The van der Waals surface area contributed by atoms with Gasteiger partial charge in [0.25, 0.3) is 0 Å². The van der Waals surface area contributed by atoms with Crippen LogP contribution in [0.15, 0.2) is 44.3 Å². The summed E-state index contributed by atoms with van der Waals surface area (Å²) in [4.78, 5) is 11.7. The van der Waals surface area contributed by atoms with Crippen molar-refractivity contribution in [2.24, 2.45) is 5.10 Å². The van der Waals surface area contributed by atoms with Gasteiger partial charge in [-0.15, -0.1) is 0 Å². The average Bonchev–Trinajstić information content (AvgIpc) is 2.80. The number of furan rings is 1. The Bertz CT molecular complexity index is 651. The monoisotopic (exact) mass is 477 g/mol. The molecule has 1 aromatic carbocycles. The first-order valence-corrected chi connectivity index (χ1v) is 8.23. The van der Waals surface area contributed by atoms with E-state index in [9.17, 15) is 4.79 Å². The number of ether oxygens (including phenoxy) is 1. The third-order valence-electron chi connectivity index (χ3n) is 2.45. The van der Waals surface area contributed by atoms with Gasteiger partial charge in [0.05, 0.1) is 17.3 Å². The van der Waals surface area contributed by atoms with Crippen LogP contribution < -0.4 is 15.5 Å². The molecular formula is C14H13BrIN3O3. The van der Waals surface area contributed by atoms with E-state index in [2.05, 4.69) is 31.8 Å². The summed E-state index contributed by atoms with van der Waals surface area (Å²) in [6, 6.07) is 8.38. The molecule has 2 aromatic rings. The molecule has 0 radical (unpaired) electrons. The average molecular weight is 478 g/mol. The van der Waals surface area contributed by atoms with Gasteiger partial charge in [0.15, 0.2) is 3.77 Å². The summed E-state index contributed by atoms with van der Waals surface area (Å²) >= 11 is 5.37. The first kappa shape index (κ1) is 16.8. The molecule has 0 fully saturated rings. The van der Waals surface area contributed by atoms with Crippen LogP contribution in [0.1, 0.15) is 12.7 Å². The molecule has 0 aliphatic rings. The SMILES string of the molecule is CCOc1ccc(NC(=O)N/N=C/c2cc(Br)c(I)o2)cc1. The zero-order chi connectivity index (χ0) is 15.9. The summed E-state index contributed by atoms with van der Waals surface area (Å²) in [6.45, 7) is 2.51. The summed E-state index contributed by atoms with van der Waals surface area (Å²) in [6.07, 6.45) is 1.42. The van der Waals surface area contributed by atoms with Crippen LogP contribution in [0.4, 0.5) is 10.5 Å². The largest absolute Gasteiger partial charge is 0.494 e. The van der Waals surface area contributed by atoms with Crippen LogP contribution in [0, 0.1) is 3.77 Å². The minimum Gasteiger partial charge on any atom is -0.494 e. The number of carbonyl (C=O) groups excluding carboxylic acids is 1. The first-order valence-electron chi connectivity index (χ1n) is 6.36. The van der Waals surface area contributed by atoms with Gasteiger partial charge in [-0.25, -0.2) is 10.2 Å². The zero-order valence-electron chi connectivity index (χ0n) is 11.6. The molecule has 2 rings (SSSR count). The lowest BCUT2D eigenvalue weighted by Crippen LogP contribution is -2.24. The van der Waals surface area contributed by atoms with Crippen LogP contribution >= 0.6 is 38.5 Å². The Morgan fingerprint density at radius 3 is 2.77 bits per heavy atom. The Balaban J connectivity index is 1.84. The van der Waals surface area contributed by atoms with Crippen molar-refractivity contribution >= 4 is 56.5 Å². The Labute approximate surface area is 149 Å². The van der Waals surface area contributed by atoms with Gasteiger partial charge < -0.3 is 14.5 Å². The maximum absolute atomic E-state index is 11.7. The fourth-order valence-corrected chi connectivity index (χ4v) is 2.26. The molecule has 0 spiro atoms. The van der Waals surface area contributed by atoms with Gasteiger partial charge >= 0.3 is 6.03 Å². The second kappa shape index (κ2) is 8.18. The Morgan fingerprint density at radius 1 is 1.45 bits per heavy atom. The summed E-state index contributed by atoms with van der Waals surface area (Å²) in [7, 11) is 0. The van der Waals surface area contributed by atoms with Crippen molar-refractivity contribution < 1.29 is 13.9 Å². The number of hydrazone groups is 1. The second-order valence-electron chi connectivity index (χ2n) is 4.05. The number of halogens is 2. The van der Waals surface area contributed by atoms with E-state index in [0.717, 1.165) is 14.0 Å². The lowest BCUT2D eigenvalue weighted by atomic mass is 10.3. The van der Waals surface area contributed by atoms with Crippen LogP contribution in [0.2, 0.25) is 0 Å². The number of anilines is 1. The lowest BCUT2D eigenvalue weighted by Gasteiger charge is -2.06. The molecule has 0 unspecified atom stereocenters. The zero-order valence-corrected chi connectivity index (χ0v) is 15.3. The van der Waals surface area contributed by atoms with Crippen LogP contribution in [-0.2, 0) is 0 Å². The highest BCUT2D eigenvalue weighted by Crippen LogP contribution is 2.22. The Kier molecular flexibility index (Phi) is 6.25. The molecule has 116 valence electrons. The van der Waals surface area contributed by atoms with E-state index in [0.29, 0.717) is 18.1 Å². The number of hydrogen-bond acceptors (Lipinski definition) is 4. The van der Waals surface area contributed by atoms with Gasteiger partial charge in [0.1, 0.15) is 11.5 Å². The molecule has 2 N–H and O–H groups in total. The maximum atomic E-state index is 11.7. The fourth-order valence-electron chi connectivity index (χ4n) is 1.54. The van der Waals surface area contributed by atoms with E-state index in [1.54, 1.807) is 30.3 Å². The van der Waals surface area contributed by atoms with E-state index in [1.165, 1.54) is 6.21 Å². The molecule has 22 heavy (non-hydrogen) atoms. The minimum atomic E-state index is -0.444. The highest BCUT2D eigenvalue weighted by Gasteiger charge is 2.04. The van der Waals surface area contributed by atoms with Crippen LogP contribution in [-0.4, -0.2) is 18.9 Å². The van der Waals surface area contributed by atoms with Crippen molar-refractivity contribution in [3.63, 3.8) is 0 Å². The topological polar surface area (TPSA) is 75.9 Å². The molecule has 8 heteroatoms. The number of benzene rings is 1.